The molecule has 1 aromatic carbocycles. The predicted molar refractivity (Wildman–Crippen MR) is 62.2 cm³/mol. The molecule has 1 aromatic heterocycles. The Hall–Kier alpha value is -1.31. The van der Waals surface area contributed by atoms with Crippen molar-refractivity contribution in [2.24, 2.45) is 0 Å². The summed E-state index contributed by atoms with van der Waals surface area (Å²) in [5, 5.41) is 4.97. The topological polar surface area (TPSA) is 26.0 Å². The van der Waals surface area contributed by atoms with E-state index < -0.39 is 0 Å². The van der Waals surface area contributed by atoms with Gasteiger partial charge in [0.1, 0.15) is 0 Å². The van der Waals surface area contributed by atoms with Crippen LogP contribution in [0.25, 0.3) is 11.0 Å². The molecule has 0 aliphatic rings. The first-order valence-electron chi connectivity index (χ1n) is 5.48. The number of hydrogen-bond acceptors (Lipinski definition) is 2. The smallest absolute Gasteiger partial charge is 0.170 e. The molecule has 0 atom stereocenters. The minimum atomic E-state index is 0.471. The lowest BCUT2D eigenvalue weighted by molar-refractivity contribution is 0.452. The second-order valence-electron chi connectivity index (χ2n) is 4.62. The fourth-order valence-corrected chi connectivity index (χ4v) is 2.07. The van der Waals surface area contributed by atoms with Gasteiger partial charge in [0.25, 0.3) is 0 Å². The summed E-state index contributed by atoms with van der Waals surface area (Å²) in [7, 11) is 0. The Morgan fingerprint density at radius 2 is 1.80 bits per heavy atom. The van der Waals surface area contributed by atoms with Crippen LogP contribution >= 0.6 is 0 Å². The molecule has 0 N–H and O–H groups in total. The van der Waals surface area contributed by atoms with Gasteiger partial charge in [-0.25, -0.2) is 0 Å². The molecule has 0 saturated heterocycles. The minimum Gasteiger partial charge on any atom is -0.356 e. The molecule has 80 valence electrons. The van der Waals surface area contributed by atoms with Crippen LogP contribution in [0.1, 0.15) is 50.7 Å². The zero-order chi connectivity index (χ0) is 11.0. The van der Waals surface area contributed by atoms with Crippen LogP contribution in [0.4, 0.5) is 0 Å². The largest absolute Gasteiger partial charge is 0.356 e. The fourth-order valence-electron chi connectivity index (χ4n) is 2.07. The van der Waals surface area contributed by atoms with E-state index >= 15 is 0 Å². The van der Waals surface area contributed by atoms with E-state index in [0.717, 1.165) is 11.0 Å². The zero-order valence-corrected chi connectivity index (χ0v) is 9.74. The third-order valence-electron chi connectivity index (χ3n) is 2.80. The van der Waals surface area contributed by atoms with Crippen LogP contribution in [0.5, 0.6) is 0 Å². The second kappa shape index (κ2) is 3.69. The number of fused-ring (bicyclic) bond motifs is 1. The van der Waals surface area contributed by atoms with Crippen molar-refractivity contribution in [1.82, 2.24) is 5.16 Å². The van der Waals surface area contributed by atoms with E-state index in [1.807, 2.05) is 0 Å². The molecule has 0 bridgehead atoms. The van der Waals surface area contributed by atoms with Gasteiger partial charge in [-0.15, -0.1) is 0 Å². The van der Waals surface area contributed by atoms with E-state index in [9.17, 15) is 0 Å². The zero-order valence-electron chi connectivity index (χ0n) is 9.74. The summed E-state index contributed by atoms with van der Waals surface area (Å²) in [6.07, 6.45) is 1.78. The van der Waals surface area contributed by atoms with Crippen LogP contribution in [0.15, 0.2) is 22.9 Å². The maximum absolute atomic E-state index is 5.35. The van der Waals surface area contributed by atoms with Gasteiger partial charge in [-0.3, -0.25) is 0 Å². The van der Waals surface area contributed by atoms with Crippen molar-refractivity contribution in [3.8, 4) is 0 Å². The van der Waals surface area contributed by atoms with Crippen molar-refractivity contribution in [3.05, 3.63) is 29.5 Å². The maximum Gasteiger partial charge on any atom is 0.170 e. The standard InChI is InChI=1S/C13H17NO/c1-8(2)11-6-5-10-7-14-15-13(10)12(11)9(3)4/h5-9H,1-4H3. The van der Waals surface area contributed by atoms with Gasteiger partial charge in [-0.05, 0) is 23.5 Å². The van der Waals surface area contributed by atoms with Crippen LogP contribution < -0.4 is 0 Å². The quantitative estimate of drug-likeness (QED) is 0.735. The fraction of sp³-hybridized carbons (Fsp3) is 0.462. The van der Waals surface area contributed by atoms with Gasteiger partial charge in [0.05, 0.1) is 6.20 Å². The number of nitrogens with zero attached hydrogens (tertiary/aromatic N) is 1. The first kappa shape index (κ1) is 10.2. The number of hydrogen-bond donors (Lipinski definition) is 0. The van der Waals surface area contributed by atoms with Crippen molar-refractivity contribution in [3.63, 3.8) is 0 Å². The molecule has 2 heteroatoms. The van der Waals surface area contributed by atoms with E-state index in [1.54, 1.807) is 6.20 Å². The Morgan fingerprint density at radius 3 is 2.40 bits per heavy atom. The van der Waals surface area contributed by atoms with Gasteiger partial charge in [-0.2, -0.15) is 0 Å². The van der Waals surface area contributed by atoms with E-state index in [2.05, 4.69) is 45.0 Å². The second-order valence-corrected chi connectivity index (χ2v) is 4.62. The van der Waals surface area contributed by atoms with E-state index in [-0.39, 0.29) is 0 Å². The summed E-state index contributed by atoms with van der Waals surface area (Å²) in [6, 6.07) is 4.28. The Labute approximate surface area is 90.3 Å². The Balaban J connectivity index is 2.75. The van der Waals surface area contributed by atoms with Gasteiger partial charge in [0, 0.05) is 10.9 Å². The SMILES string of the molecule is CC(C)c1ccc2cnoc2c1C(C)C. The summed E-state index contributed by atoms with van der Waals surface area (Å²) >= 11 is 0. The van der Waals surface area contributed by atoms with Gasteiger partial charge in [0.15, 0.2) is 5.58 Å². The molecule has 2 aromatic rings. The average molecular weight is 203 g/mol. The molecular weight excluding hydrogens is 186 g/mol. The first-order chi connectivity index (χ1) is 7.11. The molecule has 0 unspecified atom stereocenters. The highest BCUT2D eigenvalue weighted by atomic mass is 16.5. The first-order valence-corrected chi connectivity index (χ1v) is 5.48. The van der Waals surface area contributed by atoms with E-state index in [4.69, 9.17) is 4.52 Å². The molecule has 0 aliphatic carbocycles. The van der Waals surface area contributed by atoms with Crippen molar-refractivity contribution in [2.45, 2.75) is 39.5 Å². The minimum absolute atomic E-state index is 0.471. The third-order valence-corrected chi connectivity index (χ3v) is 2.80. The molecule has 2 nitrogen and oxygen atoms in total. The molecule has 0 fully saturated rings. The van der Waals surface area contributed by atoms with E-state index in [1.165, 1.54) is 11.1 Å². The maximum atomic E-state index is 5.35. The average Bonchev–Trinajstić information content (AvgIpc) is 2.62. The Kier molecular flexibility index (Phi) is 2.51. The molecule has 0 saturated carbocycles. The van der Waals surface area contributed by atoms with Crippen molar-refractivity contribution < 1.29 is 4.52 Å². The lowest BCUT2D eigenvalue weighted by Crippen LogP contribution is -1.98. The van der Waals surface area contributed by atoms with Gasteiger partial charge in [0.2, 0.25) is 0 Å². The van der Waals surface area contributed by atoms with Crippen molar-refractivity contribution in [2.75, 3.05) is 0 Å². The summed E-state index contributed by atoms with van der Waals surface area (Å²) in [5.41, 5.74) is 3.63. The monoisotopic (exact) mass is 203 g/mol. The summed E-state index contributed by atoms with van der Waals surface area (Å²) in [6.45, 7) is 8.82. The molecule has 0 spiro atoms. The molecule has 2 rings (SSSR count). The summed E-state index contributed by atoms with van der Waals surface area (Å²) in [4.78, 5) is 0. The molecule has 0 radical (unpaired) electrons. The molecule has 15 heavy (non-hydrogen) atoms. The summed E-state index contributed by atoms with van der Waals surface area (Å²) in [5.74, 6) is 0.996. The lowest BCUT2D eigenvalue weighted by Gasteiger charge is -2.15. The van der Waals surface area contributed by atoms with Gasteiger partial charge in [-0.1, -0.05) is 38.9 Å². The normalized spacial score (nSPS) is 11.9. The van der Waals surface area contributed by atoms with Crippen LogP contribution in [-0.4, -0.2) is 5.16 Å². The van der Waals surface area contributed by atoms with E-state index in [0.29, 0.717) is 11.8 Å². The van der Waals surface area contributed by atoms with Crippen molar-refractivity contribution in [1.29, 1.82) is 0 Å². The van der Waals surface area contributed by atoms with Gasteiger partial charge >= 0.3 is 0 Å². The molecule has 0 amide bonds. The predicted octanol–water partition coefficient (Wildman–Crippen LogP) is 4.07. The highest BCUT2D eigenvalue weighted by Crippen LogP contribution is 2.32. The number of rotatable bonds is 2. The van der Waals surface area contributed by atoms with Crippen LogP contribution in [0, 0.1) is 0 Å². The van der Waals surface area contributed by atoms with Crippen LogP contribution in [0.2, 0.25) is 0 Å². The molecule has 1 heterocycles. The Morgan fingerprint density at radius 1 is 1.07 bits per heavy atom. The highest BCUT2D eigenvalue weighted by Gasteiger charge is 2.16. The molecular formula is C13H17NO. The number of benzene rings is 1. The number of aromatic nitrogens is 1. The lowest BCUT2D eigenvalue weighted by atomic mass is 9.89. The van der Waals surface area contributed by atoms with Crippen molar-refractivity contribution >= 4 is 11.0 Å². The van der Waals surface area contributed by atoms with Gasteiger partial charge < -0.3 is 4.52 Å². The molecule has 0 aliphatic heterocycles. The highest BCUT2D eigenvalue weighted by molar-refractivity contribution is 5.81. The van der Waals surface area contributed by atoms with Crippen LogP contribution in [-0.2, 0) is 0 Å². The Bertz CT molecular complexity index is 468. The third kappa shape index (κ3) is 1.65. The summed E-state index contributed by atoms with van der Waals surface area (Å²) < 4.78 is 5.35. The van der Waals surface area contributed by atoms with Crippen LogP contribution in [0.3, 0.4) is 0 Å².